The Morgan fingerprint density at radius 3 is 2.85 bits per heavy atom. The van der Waals surface area contributed by atoms with Crippen molar-refractivity contribution in [2.45, 2.75) is 26.2 Å². The Hall–Kier alpha value is -1.61. The van der Waals surface area contributed by atoms with Gasteiger partial charge in [0, 0.05) is 11.9 Å². The monoisotopic (exact) mass is 288 g/mol. The van der Waals surface area contributed by atoms with E-state index in [-0.39, 0.29) is 11.3 Å². The number of pyridine rings is 1. The van der Waals surface area contributed by atoms with Crippen LogP contribution in [0, 0.1) is 5.41 Å². The molecule has 1 amide bonds. The first-order chi connectivity index (χ1) is 9.57. The molecule has 0 aliphatic heterocycles. The Labute approximate surface area is 123 Å². The van der Waals surface area contributed by atoms with Gasteiger partial charge in [-0.3, -0.25) is 4.79 Å². The maximum atomic E-state index is 12.4. The van der Waals surface area contributed by atoms with E-state index in [0.717, 1.165) is 17.4 Å². The van der Waals surface area contributed by atoms with E-state index in [1.807, 2.05) is 24.3 Å². The van der Waals surface area contributed by atoms with Crippen molar-refractivity contribution in [3.63, 3.8) is 0 Å². The molecule has 3 nitrogen and oxygen atoms in total. The van der Waals surface area contributed by atoms with Gasteiger partial charge >= 0.3 is 0 Å². The van der Waals surface area contributed by atoms with Gasteiger partial charge in [0.2, 0.25) is 0 Å². The number of benzene rings is 1. The van der Waals surface area contributed by atoms with Crippen LogP contribution in [0.15, 0.2) is 30.3 Å². The molecule has 1 aromatic carbocycles. The lowest BCUT2D eigenvalue weighted by Crippen LogP contribution is -2.40. The van der Waals surface area contributed by atoms with E-state index in [0.29, 0.717) is 10.7 Å². The standard InChI is InChI=1S/C16H17ClN2O/c1-16(7-4-8-16)10-18-15(20)12-9-14(17)19-13-6-3-2-5-11(12)13/h2-3,5-6,9H,4,7-8,10H2,1H3,(H,18,20). The van der Waals surface area contributed by atoms with Crippen LogP contribution in [0.2, 0.25) is 5.15 Å². The zero-order valence-corrected chi connectivity index (χ0v) is 12.2. The normalized spacial score (nSPS) is 16.7. The Bertz CT molecular complexity index is 665. The molecule has 0 radical (unpaired) electrons. The van der Waals surface area contributed by atoms with E-state index in [1.165, 1.54) is 19.3 Å². The number of amides is 1. The van der Waals surface area contributed by atoms with Gasteiger partial charge in [-0.15, -0.1) is 0 Å². The van der Waals surface area contributed by atoms with E-state index in [2.05, 4.69) is 17.2 Å². The zero-order valence-electron chi connectivity index (χ0n) is 11.4. The highest BCUT2D eigenvalue weighted by Crippen LogP contribution is 2.39. The highest BCUT2D eigenvalue weighted by molar-refractivity contribution is 6.30. The summed E-state index contributed by atoms with van der Waals surface area (Å²) in [6, 6.07) is 9.21. The largest absolute Gasteiger partial charge is 0.351 e. The van der Waals surface area contributed by atoms with Crippen molar-refractivity contribution >= 4 is 28.4 Å². The average molecular weight is 289 g/mol. The van der Waals surface area contributed by atoms with Gasteiger partial charge in [-0.1, -0.05) is 43.1 Å². The number of para-hydroxylation sites is 1. The Morgan fingerprint density at radius 1 is 1.40 bits per heavy atom. The van der Waals surface area contributed by atoms with E-state index >= 15 is 0 Å². The van der Waals surface area contributed by atoms with Gasteiger partial charge in [-0.2, -0.15) is 0 Å². The minimum Gasteiger partial charge on any atom is -0.351 e. The lowest BCUT2D eigenvalue weighted by Gasteiger charge is -2.38. The summed E-state index contributed by atoms with van der Waals surface area (Å²) in [6.45, 7) is 2.94. The van der Waals surface area contributed by atoms with Gasteiger partial charge in [0.25, 0.3) is 5.91 Å². The first-order valence-electron chi connectivity index (χ1n) is 6.91. The summed E-state index contributed by atoms with van der Waals surface area (Å²) in [7, 11) is 0. The van der Waals surface area contributed by atoms with Gasteiger partial charge in [0.15, 0.2) is 0 Å². The van der Waals surface area contributed by atoms with Gasteiger partial charge in [-0.25, -0.2) is 4.98 Å². The molecule has 0 bridgehead atoms. The molecule has 0 atom stereocenters. The third-order valence-corrected chi connectivity index (χ3v) is 4.36. The molecule has 1 aliphatic carbocycles. The third kappa shape index (κ3) is 2.50. The van der Waals surface area contributed by atoms with Crippen LogP contribution < -0.4 is 5.32 Å². The number of nitrogens with one attached hydrogen (secondary N) is 1. The van der Waals surface area contributed by atoms with Crippen LogP contribution in [0.5, 0.6) is 0 Å². The van der Waals surface area contributed by atoms with Crippen LogP contribution in [0.4, 0.5) is 0 Å². The van der Waals surface area contributed by atoms with Crippen LogP contribution in [-0.4, -0.2) is 17.4 Å². The number of fused-ring (bicyclic) bond motifs is 1. The molecule has 3 rings (SSSR count). The number of carbonyl (C=O) groups excluding carboxylic acids is 1. The second kappa shape index (κ2) is 5.06. The molecule has 1 aromatic heterocycles. The quantitative estimate of drug-likeness (QED) is 0.873. The molecule has 1 fully saturated rings. The summed E-state index contributed by atoms with van der Waals surface area (Å²) < 4.78 is 0. The molecule has 0 saturated heterocycles. The van der Waals surface area contributed by atoms with Gasteiger partial charge in [0.1, 0.15) is 5.15 Å². The fourth-order valence-electron chi connectivity index (χ4n) is 2.68. The summed E-state index contributed by atoms with van der Waals surface area (Å²) in [5.74, 6) is -0.0707. The number of carbonyl (C=O) groups is 1. The predicted octanol–water partition coefficient (Wildman–Crippen LogP) is 3.81. The third-order valence-electron chi connectivity index (χ3n) is 4.17. The topological polar surface area (TPSA) is 42.0 Å². The minimum atomic E-state index is -0.0707. The summed E-state index contributed by atoms with van der Waals surface area (Å²) in [4.78, 5) is 16.6. The molecule has 104 valence electrons. The smallest absolute Gasteiger partial charge is 0.252 e. The Balaban J connectivity index is 1.87. The van der Waals surface area contributed by atoms with Crippen LogP contribution in [0.3, 0.4) is 0 Å². The summed E-state index contributed by atoms with van der Waals surface area (Å²) in [5, 5.41) is 4.23. The predicted molar refractivity (Wildman–Crippen MR) is 81.0 cm³/mol. The highest BCUT2D eigenvalue weighted by Gasteiger charge is 2.32. The SMILES string of the molecule is CC1(CNC(=O)c2cc(Cl)nc3ccccc23)CCC1. The van der Waals surface area contributed by atoms with Crippen molar-refractivity contribution in [2.24, 2.45) is 5.41 Å². The van der Waals surface area contributed by atoms with Crippen LogP contribution in [0.25, 0.3) is 10.9 Å². The molecule has 20 heavy (non-hydrogen) atoms. The van der Waals surface area contributed by atoms with Crippen molar-refractivity contribution in [1.29, 1.82) is 0 Å². The lowest BCUT2D eigenvalue weighted by atomic mass is 9.70. The van der Waals surface area contributed by atoms with E-state index in [9.17, 15) is 4.79 Å². The first kappa shape index (κ1) is 13.4. The average Bonchev–Trinajstić information content (AvgIpc) is 2.41. The number of nitrogens with zero attached hydrogens (tertiary/aromatic N) is 1. The van der Waals surface area contributed by atoms with E-state index in [1.54, 1.807) is 6.07 Å². The van der Waals surface area contributed by atoms with Crippen LogP contribution >= 0.6 is 11.6 Å². The number of hydrogen-bond donors (Lipinski definition) is 1. The number of halogens is 1. The number of hydrogen-bond acceptors (Lipinski definition) is 2. The van der Waals surface area contributed by atoms with Crippen molar-refractivity contribution in [3.8, 4) is 0 Å². The molecule has 1 N–H and O–H groups in total. The summed E-state index contributed by atoms with van der Waals surface area (Å²) in [5.41, 5.74) is 1.62. The lowest BCUT2D eigenvalue weighted by molar-refractivity contribution is 0.0892. The Morgan fingerprint density at radius 2 is 2.15 bits per heavy atom. The molecule has 1 aliphatic rings. The molecule has 1 saturated carbocycles. The first-order valence-corrected chi connectivity index (χ1v) is 7.29. The maximum absolute atomic E-state index is 12.4. The highest BCUT2D eigenvalue weighted by atomic mass is 35.5. The van der Waals surface area contributed by atoms with Crippen molar-refractivity contribution in [2.75, 3.05) is 6.54 Å². The maximum Gasteiger partial charge on any atom is 0.252 e. The summed E-state index contributed by atoms with van der Waals surface area (Å²) >= 11 is 6.01. The van der Waals surface area contributed by atoms with E-state index < -0.39 is 0 Å². The molecule has 4 heteroatoms. The van der Waals surface area contributed by atoms with Gasteiger partial charge in [-0.05, 0) is 30.4 Å². The minimum absolute atomic E-state index is 0.0707. The molecule has 1 heterocycles. The van der Waals surface area contributed by atoms with Crippen molar-refractivity contribution in [1.82, 2.24) is 10.3 Å². The fraction of sp³-hybridized carbons (Fsp3) is 0.375. The van der Waals surface area contributed by atoms with Crippen molar-refractivity contribution < 1.29 is 4.79 Å². The molecule has 0 spiro atoms. The van der Waals surface area contributed by atoms with E-state index in [4.69, 9.17) is 11.6 Å². The van der Waals surface area contributed by atoms with Crippen molar-refractivity contribution in [3.05, 3.63) is 41.0 Å². The molecular formula is C16H17ClN2O. The molecule has 0 unspecified atom stereocenters. The number of aromatic nitrogens is 1. The van der Waals surface area contributed by atoms with Gasteiger partial charge < -0.3 is 5.32 Å². The van der Waals surface area contributed by atoms with Crippen LogP contribution in [-0.2, 0) is 0 Å². The summed E-state index contributed by atoms with van der Waals surface area (Å²) in [6.07, 6.45) is 3.63. The molecule has 2 aromatic rings. The van der Waals surface area contributed by atoms with Gasteiger partial charge in [0.05, 0.1) is 11.1 Å². The fourth-order valence-corrected chi connectivity index (χ4v) is 2.88. The zero-order chi connectivity index (χ0) is 14.2. The number of rotatable bonds is 3. The Kier molecular flexibility index (Phi) is 3.38. The molecular weight excluding hydrogens is 272 g/mol. The second-order valence-corrected chi connectivity index (χ2v) is 6.24. The second-order valence-electron chi connectivity index (χ2n) is 5.86. The van der Waals surface area contributed by atoms with Crippen LogP contribution in [0.1, 0.15) is 36.5 Å².